The van der Waals surface area contributed by atoms with E-state index < -0.39 is 0 Å². The zero-order valence-corrected chi connectivity index (χ0v) is 10.3. The molecule has 0 amide bonds. The Bertz CT molecular complexity index is 392. The van der Waals surface area contributed by atoms with Crippen LogP contribution in [0.4, 0.5) is 5.69 Å². The second kappa shape index (κ2) is 4.78. The first kappa shape index (κ1) is 11.3. The lowest BCUT2D eigenvalue weighted by molar-refractivity contribution is 0.446. The molecule has 0 aromatic carbocycles. The molecule has 2 heterocycles. The van der Waals surface area contributed by atoms with Crippen molar-refractivity contribution in [1.82, 2.24) is 4.98 Å². The van der Waals surface area contributed by atoms with Crippen LogP contribution in [-0.4, -0.2) is 23.1 Å². The molecule has 0 radical (unpaired) electrons. The first-order valence-electron chi connectivity index (χ1n) is 5.67. The van der Waals surface area contributed by atoms with Crippen molar-refractivity contribution < 1.29 is 0 Å². The maximum Gasteiger partial charge on any atom is 0.106 e. The molecule has 1 fully saturated rings. The molecule has 1 aliphatic rings. The summed E-state index contributed by atoms with van der Waals surface area (Å²) in [6, 6.07) is 1.90. The van der Waals surface area contributed by atoms with Gasteiger partial charge in [0, 0.05) is 24.8 Å². The highest BCUT2D eigenvalue weighted by molar-refractivity contribution is 7.80. The van der Waals surface area contributed by atoms with Crippen LogP contribution < -0.4 is 10.6 Å². The fourth-order valence-electron chi connectivity index (χ4n) is 2.25. The van der Waals surface area contributed by atoms with E-state index >= 15 is 0 Å². The van der Waals surface area contributed by atoms with Crippen molar-refractivity contribution >= 4 is 22.9 Å². The normalized spacial score (nSPS) is 20.8. The van der Waals surface area contributed by atoms with Gasteiger partial charge in [0.1, 0.15) is 4.99 Å². The predicted octanol–water partition coefficient (Wildman–Crippen LogP) is 1.95. The van der Waals surface area contributed by atoms with Crippen molar-refractivity contribution in [1.29, 1.82) is 0 Å². The summed E-state index contributed by atoms with van der Waals surface area (Å²) in [7, 11) is 0. The van der Waals surface area contributed by atoms with Gasteiger partial charge in [-0.1, -0.05) is 19.1 Å². The van der Waals surface area contributed by atoms with Gasteiger partial charge >= 0.3 is 0 Å². The number of hydrogen-bond acceptors (Lipinski definition) is 3. The Labute approximate surface area is 102 Å². The lowest BCUT2D eigenvalue weighted by Gasteiger charge is -2.33. The number of aromatic nitrogens is 1. The van der Waals surface area contributed by atoms with E-state index in [4.69, 9.17) is 18.0 Å². The number of rotatable bonds is 2. The lowest BCUT2D eigenvalue weighted by Crippen LogP contribution is -2.35. The Morgan fingerprint density at radius 3 is 3.12 bits per heavy atom. The minimum absolute atomic E-state index is 0.454. The largest absolute Gasteiger partial charge is 0.389 e. The van der Waals surface area contributed by atoms with Gasteiger partial charge in [0.05, 0.1) is 11.9 Å². The maximum atomic E-state index is 5.73. The number of nitrogens with zero attached hydrogens (tertiary/aromatic N) is 2. The first-order valence-corrected chi connectivity index (χ1v) is 6.08. The number of anilines is 1. The fraction of sp³-hybridized carbons (Fsp3) is 0.500. The van der Waals surface area contributed by atoms with E-state index in [1.54, 1.807) is 6.20 Å². The van der Waals surface area contributed by atoms with E-state index in [-0.39, 0.29) is 0 Å². The standard InChI is InChI=1S/C12H17N3S/c1-9-3-2-6-15(8-9)11-7-14-5-4-10(11)12(13)16/h4-5,7,9H,2-3,6,8H2,1H3,(H2,13,16). The minimum atomic E-state index is 0.454. The zero-order chi connectivity index (χ0) is 11.5. The SMILES string of the molecule is CC1CCCN(c2cnccc2C(N)=S)C1. The van der Waals surface area contributed by atoms with Gasteiger partial charge < -0.3 is 10.6 Å². The van der Waals surface area contributed by atoms with Gasteiger partial charge in [-0.05, 0) is 24.8 Å². The summed E-state index contributed by atoms with van der Waals surface area (Å²) in [6.45, 7) is 4.43. The van der Waals surface area contributed by atoms with Gasteiger partial charge in [-0.25, -0.2) is 0 Å². The van der Waals surface area contributed by atoms with E-state index in [0.717, 1.165) is 30.3 Å². The van der Waals surface area contributed by atoms with Crippen molar-refractivity contribution in [2.24, 2.45) is 11.7 Å². The van der Waals surface area contributed by atoms with Gasteiger partial charge in [0.2, 0.25) is 0 Å². The number of piperidine rings is 1. The lowest BCUT2D eigenvalue weighted by atomic mass is 9.99. The molecule has 1 aromatic rings. The molecule has 0 aliphatic carbocycles. The van der Waals surface area contributed by atoms with Gasteiger partial charge in [-0.15, -0.1) is 0 Å². The predicted molar refractivity (Wildman–Crippen MR) is 70.7 cm³/mol. The fourth-order valence-corrected chi connectivity index (χ4v) is 2.43. The minimum Gasteiger partial charge on any atom is -0.389 e. The summed E-state index contributed by atoms with van der Waals surface area (Å²) in [5, 5.41) is 0. The number of pyridine rings is 1. The summed E-state index contributed by atoms with van der Waals surface area (Å²) in [5.74, 6) is 0.730. The summed E-state index contributed by atoms with van der Waals surface area (Å²) in [5.41, 5.74) is 7.76. The quantitative estimate of drug-likeness (QED) is 0.796. The summed E-state index contributed by atoms with van der Waals surface area (Å²) >= 11 is 5.07. The van der Waals surface area contributed by atoms with Crippen LogP contribution in [0.25, 0.3) is 0 Å². The van der Waals surface area contributed by atoms with E-state index in [1.165, 1.54) is 12.8 Å². The first-order chi connectivity index (χ1) is 7.68. The van der Waals surface area contributed by atoms with Crippen LogP contribution in [0.5, 0.6) is 0 Å². The molecule has 1 atom stereocenters. The third-order valence-electron chi connectivity index (χ3n) is 3.06. The second-order valence-corrected chi connectivity index (χ2v) is 4.89. The Kier molecular flexibility index (Phi) is 3.39. The molecule has 2 N–H and O–H groups in total. The van der Waals surface area contributed by atoms with E-state index in [9.17, 15) is 0 Å². The third-order valence-corrected chi connectivity index (χ3v) is 3.28. The second-order valence-electron chi connectivity index (χ2n) is 4.45. The molecule has 4 heteroatoms. The van der Waals surface area contributed by atoms with Gasteiger partial charge in [0.15, 0.2) is 0 Å². The van der Waals surface area contributed by atoms with Crippen molar-refractivity contribution in [2.45, 2.75) is 19.8 Å². The molecule has 0 bridgehead atoms. The van der Waals surface area contributed by atoms with Crippen LogP contribution >= 0.6 is 12.2 Å². The monoisotopic (exact) mass is 235 g/mol. The van der Waals surface area contributed by atoms with Gasteiger partial charge in [-0.2, -0.15) is 0 Å². The molecule has 86 valence electrons. The van der Waals surface area contributed by atoms with Crippen LogP contribution in [-0.2, 0) is 0 Å². The smallest absolute Gasteiger partial charge is 0.106 e. The van der Waals surface area contributed by atoms with Crippen LogP contribution in [0, 0.1) is 5.92 Å². The number of nitrogens with two attached hydrogens (primary N) is 1. The molecule has 2 rings (SSSR count). The van der Waals surface area contributed by atoms with Crippen molar-refractivity contribution in [3.63, 3.8) is 0 Å². The third kappa shape index (κ3) is 2.32. The summed E-state index contributed by atoms with van der Waals surface area (Å²) in [6.07, 6.45) is 6.14. The molecular formula is C12H17N3S. The zero-order valence-electron chi connectivity index (χ0n) is 9.52. The molecule has 0 spiro atoms. The average Bonchev–Trinajstić information content (AvgIpc) is 2.29. The van der Waals surface area contributed by atoms with Crippen molar-refractivity contribution in [3.05, 3.63) is 24.0 Å². The highest BCUT2D eigenvalue weighted by Crippen LogP contribution is 2.25. The Hall–Kier alpha value is -1.16. The van der Waals surface area contributed by atoms with Crippen LogP contribution in [0.1, 0.15) is 25.3 Å². The summed E-state index contributed by atoms with van der Waals surface area (Å²) < 4.78 is 0. The van der Waals surface area contributed by atoms with Crippen molar-refractivity contribution in [2.75, 3.05) is 18.0 Å². The molecule has 1 saturated heterocycles. The number of thiocarbonyl (C=S) groups is 1. The highest BCUT2D eigenvalue weighted by atomic mass is 32.1. The molecule has 1 aliphatic heterocycles. The Morgan fingerprint density at radius 2 is 2.44 bits per heavy atom. The molecule has 1 unspecified atom stereocenters. The van der Waals surface area contributed by atoms with Crippen LogP contribution in [0.15, 0.2) is 18.5 Å². The maximum absolute atomic E-state index is 5.73. The van der Waals surface area contributed by atoms with Crippen LogP contribution in [0.3, 0.4) is 0 Å². The molecule has 16 heavy (non-hydrogen) atoms. The molecule has 0 saturated carbocycles. The van der Waals surface area contributed by atoms with Gasteiger partial charge in [0.25, 0.3) is 0 Å². The number of hydrogen-bond donors (Lipinski definition) is 1. The summed E-state index contributed by atoms with van der Waals surface area (Å²) in [4.78, 5) is 6.97. The van der Waals surface area contributed by atoms with Gasteiger partial charge in [-0.3, -0.25) is 4.98 Å². The highest BCUT2D eigenvalue weighted by Gasteiger charge is 2.19. The van der Waals surface area contributed by atoms with Crippen LogP contribution in [0.2, 0.25) is 0 Å². The van der Waals surface area contributed by atoms with E-state index in [1.807, 2.05) is 12.3 Å². The Morgan fingerprint density at radius 1 is 1.62 bits per heavy atom. The average molecular weight is 235 g/mol. The molecule has 1 aromatic heterocycles. The molecule has 3 nitrogen and oxygen atoms in total. The van der Waals surface area contributed by atoms with Crippen molar-refractivity contribution in [3.8, 4) is 0 Å². The topological polar surface area (TPSA) is 42.2 Å². The van der Waals surface area contributed by atoms with E-state index in [2.05, 4.69) is 16.8 Å². The Balaban J connectivity index is 2.28. The molecular weight excluding hydrogens is 218 g/mol. The van der Waals surface area contributed by atoms with E-state index in [0.29, 0.717) is 4.99 Å².